The van der Waals surface area contributed by atoms with Crippen molar-refractivity contribution in [1.82, 2.24) is 25.5 Å². The number of H-pyrrole nitrogens is 1. The summed E-state index contributed by atoms with van der Waals surface area (Å²) in [6.45, 7) is 0.705. The van der Waals surface area contributed by atoms with E-state index < -0.39 is 17.6 Å². The third-order valence-electron chi connectivity index (χ3n) is 5.47. The highest BCUT2D eigenvalue weighted by Gasteiger charge is 2.32. The molecule has 1 fully saturated rings. The van der Waals surface area contributed by atoms with E-state index in [0.29, 0.717) is 29.4 Å². The molecule has 7 nitrogen and oxygen atoms in total. The van der Waals surface area contributed by atoms with E-state index in [0.717, 1.165) is 43.9 Å². The maximum Gasteiger partial charge on any atom is 0.416 e. The molecule has 1 aliphatic rings. The van der Waals surface area contributed by atoms with Gasteiger partial charge in [0.05, 0.1) is 16.1 Å². The van der Waals surface area contributed by atoms with Crippen molar-refractivity contribution in [2.24, 2.45) is 5.92 Å². The van der Waals surface area contributed by atoms with E-state index in [-0.39, 0.29) is 16.6 Å². The molecule has 0 atom stereocenters. The molecular weight excluding hydrogens is 433 g/mol. The maximum absolute atomic E-state index is 12.9. The summed E-state index contributed by atoms with van der Waals surface area (Å²) in [6.07, 6.45) is 1.85. The normalized spacial score (nSPS) is 19.4. The molecule has 0 aliphatic heterocycles. The minimum absolute atomic E-state index is 0.00212. The van der Waals surface area contributed by atoms with Crippen LogP contribution in [0.25, 0.3) is 11.2 Å². The fourth-order valence-electron chi connectivity index (χ4n) is 3.77. The molecule has 0 radical (unpaired) electrons. The van der Waals surface area contributed by atoms with E-state index in [9.17, 15) is 18.0 Å². The number of fused-ring (bicyclic) bond motifs is 1. The summed E-state index contributed by atoms with van der Waals surface area (Å²) >= 11 is 5.96. The van der Waals surface area contributed by atoms with Gasteiger partial charge < -0.3 is 10.6 Å². The number of nitrogens with zero attached hydrogens (tertiary/aromatic N) is 3. The number of benzene rings is 1. The number of hydrogen-bond acceptors (Lipinski definition) is 5. The number of nitrogens with one attached hydrogen (secondary N) is 3. The Balaban J connectivity index is 1.30. The van der Waals surface area contributed by atoms with Crippen LogP contribution in [-0.4, -0.2) is 38.7 Å². The average Bonchev–Trinajstić information content (AvgIpc) is 3.16. The van der Waals surface area contributed by atoms with Crippen LogP contribution in [0.4, 0.5) is 19.0 Å². The molecule has 2 heterocycles. The van der Waals surface area contributed by atoms with Crippen LogP contribution in [0, 0.1) is 5.92 Å². The molecule has 11 heteroatoms. The Hall–Kier alpha value is -2.88. The van der Waals surface area contributed by atoms with Crippen molar-refractivity contribution >= 4 is 34.5 Å². The van der Waals surface area contributed by atoms with Crippen molar-refractivity contribution in [2.45, 2.75) is 37.9 Å². The van der Waals surface area contributed by atoms with E-state index in [4.69, 9.17) is 11.6 Å². The van der Waals surface area contributed by atoms with Gasteiger partial charge >= 0.3 is 6.18 Å². The van der Waals surface area contributed by atoms with Gasteiger partial charge in [0.25, 0.3) is 5.91 Å². The van der Waals surface area contributed by atoms with Gasteiger partial charge in [-0.1, -0.05) is 11.6 Å². The molecular formula is C20H20ClF3N6O. The Labute approximate surface area is 180 Å². The second-order valence-electron chi connectivity index (χ2n) is 7.59. The van der Waals surface area contributed by atoms with Crippen LogP contribution in [0.1, 0.15) is 41.6 Å². The summed E-state index contributed by atoms with van der Waals surface area (Å²) in [6, 6.07) is 2.66. The predicted octanol–water partition coefficient (Wildman–Crippen LogP) is 4.43. The van der Waals surface area contributed by atoms with Gasteiger partial charge in [-0.25, -0.2) is 9.97 Å². The Morgan fingerprint density at radius 3 is 2.65 bits per heavy atom. The second-order valence-corrected chi connectivity index (χ2v) is 8.00. The Morgan fingerprint density at radius 1 is 1.16 bits per heavy atom. The van der Waals surface area contributed by atoms with E-state index in [1.54, 1.807) is 12.4 Å². The van der Waals surface area contributed by atoms with E-state index in [2.05, 4.69) is 30.8 Å². The maximum atomic E-state index is 12.9. The molecule has 31 heavy (non-hydrogen) atoms. The van der Waals surface area contributed by atoms with Crippen molar-refractivity contribution in [3.63, 3.8) is 0 Å². The number of alkyl halides is 3. The van der Waals surface area contributed by atoms with Crippen LogP contribution in [0.3, 0.4) is 0 Å². The standard InChI is InChI=1S/C20H20ClF3N6O/c21-15-6-3-12(20(22,23)24)9-14(15)19(31)28-13-4-1-11(2-5-13)10-27-18-16-17(29-30-18)26-8-7-25-16/h3,6-9,11,13H,1-2,4-5,10H2,(H,28,31)(H2,26,27,29,30). The van der Waals surface area contributed by atoms with E-state index >= 15 is 0 Å². The van der Waals surface area contributed by atoms with Crippen LogP contribution in [-0.2, 0) is 6.18 Å². The number of aromatic amines is 1. The lowest BCUT2D eigenvalue weighted by atomic mass is 9.86. The SMILES string of the molecule is O=C(NC1CCC(CNc2n[nH]c3nccnc23)CC1)c1cc(C(F)(F)F)ccc1Cl. The highest BCUT2D eigenvalue weighted by atomic mass is 35.5. The fraction of sp³-hybridized carbons (Fsp3) is 0.400. The first-order valence-electron chi connectivity index (χ1n) is 9.88. The molecule has 164 valence electrons. The smallest absolute Gasteiger partial charge is 0.366 e. The molecule has 4 rings (SSSR count). The first-order chi connectivity index (χ1) is 14.8. The molecule has 3 N–H and O–H groups in total. The first-order valence-corrected chi connectivity index (χ1v) is 10.3. The van der Waals surface area contributed by atoms with Gasteiger partial charge in [-0.05, 0) is 49.8 Å². The molecule has 2 aromatic heterocycles. The summed E-state index contributed by atoms with van der Waals surface area (Å²) in [7, 11) is 0. The van der Waals surface area contributed by atoms with E-state index in [1.807, 2.05) is 0 Å². The van der Waals surface area contributed by atoms with Crippen molar-refractivity contribution in [2.75, 3.05) is 11.9 Å². The Morgan fingerprint density at radius 2 is 1.90 bits per heavy atom. The van der Waals surface area contributed by atoms with Gasteiger partial charge in [0, 0.05) is 25.0 Å². The minimum Gasteiger partial charge on any atom is -0.366 e. The average molecular weight is 453 g/mol. The lowest BCUT2D eigenvalue weighted by Gasteiger charge is -2.29. The van der Waals surface area contributed by atoms with Gasteiger partial charge in [-0.3, -0.25) is 9.89 Å². The molecule has 1 aromatic carbocycles. The van der Waals surface area contributed by atoms with Crippen molar-refractivity contribution in [3.05, 3.63) is 46.7 Å². The van der Waals surface area contributed by atoms with Crippen LogP contribution < -0.4 is 10.6 Å². The lowest BCUT2D eigenvalue weighted by molar-refractivity contribution is -0.137. The molecule has 0 saturated heterocycles. The quantitative estimate of drug-likeness (QED) is 0.532. The van der Waals surface area contributed by atoms with E-state index in [1.165, 1.54) is 0 Å². The number of anilines is 1. The number of carbonyl (C=O) groups is 1. The molecule has 1 aliphatic carbocycles. The first kappa shape index (κ1) is 21.4. The van der Waals surface area contributed by atoms with Crippen molar-refractivity contribution in [3.8, 4) is 0 Å². The monoisotopic (exact) mass is 452 g/mol. The van der Waals surface area contributed by atoms with Gasteiger partial charge in [0.2, 0.25) is 0 Å². The molecule has 1 saturated carbocycles. The topological polar surface area (TPSA) is 95.6 Å². The molecule has 3 aromatic rings. The summed E-state index contributed by atoms with van der Waals surface area (Å²) in [4.78, 5) is 20.9. The Kier molecular flexibility index (Phi) is 5.99. The summed E-state index contributed by atoms with van der Waals surface area (Å²) in [5, 5.41) is 13.1. The zero-order valence-corrected chi connectivity index (χ0v) is 17.1. The van der Waals surface area contributed by atoms with Gasteiger partial charge in [0.15, 0.2) is 17.0 Å². The molecule has 0 bridgehead atoms. The van der Waals surface area contributed by atoms with Gasteiger partial charge in [-0.2, -0.15) is 18.3 Å². The summed E-state index contributed by atoms with van der Waals surface area (Å²) < 4.78 is 38.8. The molecule has 0 spiro atoms. The number of amides is 1. The molecule has 0 unspecified atom stereocenters. The highest BCUT2D eigenvalue weighted by molar-refractivity contribution is 6.33. The zero-order valence-electron chi connectivity index (χ0n) is 16.3. The molecule has 1 amide bonds. The van der Waals surface area contributed by atoms with Gasteiger partial charge in [0.1, 0.15) is 0 Å². The second kappa shape index (κ2) is 8.70. The predicted molar refractivity (Wildman–Crippen MR) is 110 cm³/mol. The fourth-order valence-corrected chi connectivity index (χ4v) is 3.97. The minimum atomic E-state index is -4.53. The van der Waals surface area contributed by atoms with Crippen molar-refractivity contribution < 1.29 is 18.0 Å². The summed E-state index contributed by atoms with van der Waals surface area (Å²) in [5.41, 5.74) is 0.241. The van der Waals surface area contributed by atoms with Gasteiger partial charge in [-0.15, -0.1) is 0 Å². The number of halogens is 4. The van der Waals surface area contributed by atoms with Crippen molar-refractivity contribution in [1.29, 1.82) is 0 Å². The summed E-state index contributed by atoms with van der Waals surface area (Å²) in [5.74, 6) is 0.450. The Bertz CT molecular complexity index is 1080. The number of aromatic nitrogens is 4. The number of hydrogen-bond donors (Lipinski definition) is 3. The zero-order chi connectivity index (χ0) is 22.0. The van der Waals surface area contributed by atoms with Crippen LogP contribution >= 0.6 is 11.6 Å². The van der Waals surface area contributed by atoms with Crippen LogP contribution in [0.5, 0.6) is 0 Å². The number of rotatable bonds is 5. The lowest BCUT2D eigenvalue weighted by Crippen LogP contribution is -2.38. The third-order valence-corrected chi connectivity index (χ3v) is 5.80. The largest absolute Gasteiger partial charge is 0.416 e. The van der Waals surface area contributed by atoms with Crippen LogP contribution in [0.15, 0.2) is 30.6 Å². The highest BCUT2D eigenvalue weighted by Crippen LogP contribution is 2.32. The third kappa shape index (κ3) is 4.90. The van der Waals surface area contributed by atoms with Crippen LogP contribution in [0.2, 0.25) is 5.02 Å². The number of carbonyl (C=O) groups excluding carboxylic acids is 1.